The monoisotopic (exact) mass is 162 g/mol. The SMILES string of the molecule is [Cu+].[O]=[V](=[O])[O-]. The van der Waals surface area contributed by atoms with Crippen molar-refractivity contribution >= 4 is 0 Å². The number of rotatable bonds is 0. The molecular weight excluding hydrogens is 162 g/mol. The van der Waals surface area contributed by atoms with Crippen molar-refractivity contribution in [3.8, 4) is 0 Å². The standard InChI is InChI=1S/Cu.3O.V/q+1;;;-1;. The molecule has 3 nitrogen and oxygen atoms in total. The Bertz CT molecular complexity index is 55.3. The molecule has 0 bridgehead atoms. The van der Waals surface area contributed by atoms with Crippen molar-refractivity contribution in [2.24, 2.45) is 0 Å². The molecule has 0 aromatic carbocycles. The van der Waals surface area contributed by atoms with Crippen molar-refractivity contribution in [2.75, 3.05) is 0 Å². The zero-order valence-corrected chi connectivity index (χ0v) is 4.31. The molecule has 5 heteroatoms. The number of hydrogen-bond acceptors (Lipinski definition) is 3. The van der Waals surface area contributed by atoms with Crippen LogP contribution in [0.15, 0.2) is 0 Å². The molecule has 5 heavy (non-hydrogen) atoms. The van der Waals surface area contributed by atoms with Crippen molar-refractivity contribution in [3.63, 3.8) is 0 Å². The van der Waals surface area contributed by atoms with E-state index in [2.05, 4.69) is 0 Å². The molecule has 0 saturated heterocycles. The molecule has 0 amide bonds. The summed E-state index contributed by atoms with van der Waals surface area (Å²) in [5.41, 5.74) is 0. The van der Waals surface area contributed by atoms with Gasteiger partial charge in [-0.15, -0.1) is 0 Å². The fraction of sp³-hybridized carbons (Fsp3) is 0. The van der Waals surface area contributed by atoms with Crippen molar-refractivity contribution < 1.29 is 43.8 Å². The number of hydrogen-bond donors (Lipinski definition) is 0. The van der Waals surface area contributed by atoms with Crippen LogP contribution in [-0.2, 0) is 39.8 Å². The Balaban J connectivity index is 0. The van der Waals surface area contributed by atoms with E-state index in [9.17, 15) is 0 Å². The van der Waals surface area contributed by atoms with E-state index in [1.54, 1.807) is 0 Å². The Morgan fingerprint density at radius 2 is 1.40 bits per heavy atom. The predicted octanol–water partition coefficient (Wildman–Crippen LogP) is -1.43. The molecule has 0 fully saturated rings. The van der Waals surface area contributed by atoms with Crippen LogP contribution in [0.3, 0.4) is 0 Å². The van der Waals surface area contributed by atoms with Crippen LogP contribution in [0.2, 0.25) is 0 Å². The summed E-state index contributed by atoms with van der Waals surface area (Å²) < 4.78 is 25.7. The molecule has 34 valence electrons. The Labute approximate surface area is 44.2 Å². The molecule has 0 atom stereocenters. The van der Waals surface area contributed by atoms with Gasteiger partial charge in [-0.3, -0.25) is 0 Å². The maximum absolute atomic E-state index is 8.56. The van der Waals surface area contributed by atoms with Gasteiger partial charge in [0.2, 0.25) is 0 Å². The summed E-state index contributed by atoms with van der Waals surface area (Å²) in [6.07, 6.45) is 0. The average molecular weight is 162 g/mol. The molecule has 0 aliphatic heterocycles. The first-order chi connectivity index (χ1) is 1.73. The van der Waals surface area contributed by atoms with Crippen molar-refractivity contribution in [1.82, 2.24) is 0 Å². The minimum absolute atomic E-state index is 0. The first-order valence-electron chi connectivity index (χ1n) is 0.548. The van der Waals surface area contributed by atoms with Crippen molar-refractivity contribution in [1.29, 1.82) is 0 Å². The summed E-state index contributed by atoms with van der Waals surface area (Å²) in [6, 6.07) is 0. The topological polar surface area (TPSA) is 57.2 Å². The minimum atomic E-state index is -3.94. The van der Waals surface area contributed by atoms with Crippen LogP contribution in [-0.4, -0.2) is 0 Å². The third-order valence-electron chi connectivity index (χ3n) is 0. The van der Waals surface area contributed by atoms with Gasteiger partial charge in [0.05, 0.1) is 0 Å². The van der Waals surface area contributed by atoms with Gasteiger partial charge in [0.15, 0.2) is 0 Å². The van der Waals surface area contributed by atoms with Crippen LogP contribution in [0.5, 0.6) is 0 Å². The Morgan fingerprint density at radius 1 is 1.40 bits per heavy atom. The molecular formula is CuO3V. The molecule has 0 heterocycles. The normalized spacial score (nSPS) is 5.00. The second-order valence-corrected chi connectivity index (χ2v) is 0.922. The first-order valence-corrected chi connectivity index (χ1v) is 2.26. The fourth-order valence-electron chi connectivity index (χ4n) is 0. The quantitative estimate of drug-likeness (QED) is 0.410. The Hall–Kier alpha value is 0.664. The molecule has 0 saturated carbocycles. The third kappa shape index (κ3) is 75.1. The summed E-state index contributed by atoms with van der Waals surface area (Å²) in [5, 5.41) is 0. The summed E-state index contributed by atoms with van der Waals surface area (Å²) in [5.74, 6) is 0. The third-order valence-corrected chi connectivity index (χ3v) is 0. The Morgan fingerprint density at radius 3 is 1.40 bits per heavy atom. The summed E-state index contributed by atoms with van der Waals surface area (Å²) >= 11 is -3.94. The van der Waals surface area contributed by atoms with Gasteiger partial charge in [0, 0.05) is 0 Å². The van der Waals surface area contributed by atoms with Crippen LogP contribution in [0, 0.1) is 0 Å². The molecule has 0 aromatic rings. The average Bonchev–Trinajstić information content (AvgIpc) is 0.811. The van der Waals surface area contributed by atoms with E-state index in [1.807, 2.05) is 0 Å². The molecule has 0 aliphatic carbocycles. The van der Waals surface area contributed by atoms with Crippen LogP contribution < -0.4 is 4.03 Å². The molecule has 0 radical (unpaired) electrons. The van der Waals surface area contributed by atoms with E-state index in [1.165, 1.54) is 0 Å². The maximum atomic E-state index is 8.56. The molecule has 0 rings (SSSR count). The Kier molecular flexibility index (Phi) is 8.56. The summed E-state index contributed by atoms with van der Waals surface area (Å²) in [7, 11) is 0. The van der Waals surface area contributed by atoms with Gasteiger partial charge in [-0.2, -0.15) is 0 Å². The zero-order chi connectivity index (χ0) is 3.58. The van der Waals surface area contributed by atoms with Crippen LogP contribution >= 0.6 is 0 Å². The molecule has 0 aromatic heterocycles. The van der Waals surface area contributed by atoms with Gasteiger partial charge in [0.25, 0.3) is 0 Å². The van der Waals surface area contributed by atoms with E-state index in [4.69, 9.17) is 11.4 Å². The van der Waals surface area contributed by atoms with Gasteiger partial charge in [-0.05, 0) is 0 Å². The second-order valence-electron chi connectivity index (χ2n) is 0.224. The van der Waals surface area contributed by atoms with Crippen LogP contribution in [0.1, 0.15) is 0 Å². The second kappa shape index (κ2) is 4.66. The van der Waals surface area contributed by atoms with E-state index < -0.39 is 15.4 Å². The molecule has 0 unspecified atom stereocenters. The molecule has 0 N–H and O–H groups in total. The van der Waals surface area contributed by atoms with Gasteiger partial charge in [-0.25, -0.2) is 0 Å². The molecule has 0 aliphatic rings. The van der Waals surface area contributed by atoms with Gasteiger partial charge in [0.1, 0.15) is 0 Å². The van der Waals surface area contributed by atoms with E-state index >= 15 is 0 Å². The summed E-state index contributed by atoms with van der Waals surface area (Å²) in [4.78, 5) is 0. The van der Waals surface area contributed by atoms with Gasteiger partial charge < -0.3 is 0 Å². The van der Waals surface area contributed by atoms with Crippen molar-refractivity contribution in [2.45, 2.75) is 0 Å². The van der Waals surface area contributed by atoms with Crippen LogP contribution in [0.25, 0.3) is 0 Å². The van der Waals surface area contributed by atoms with Gasteiger partial charge >= 0.3 is 43.8 Å². The zero-order valence-electron chi connectivity index (χ0n) is 1.97. The predicted molar refractivity (Wildman–Crippen MR) is 1.37 cm³/mol. The van der Waals surface area contributed by atoms with Crippen LogP contribution in [0.4, 0.5) is 0 Å². The summed E-state index contributed by atoms with van der Waals surface area (Å²) in [6.45, 7) is 0. The van der Waals surface area contributed by atoms with Gasteiger partial charge in [-0.1, -0.05) is 0 Å². The van der Waals surface area contributed by atoms with E-state index in [-0.39, 0.29) is 17.1 Å². The first kappa shape index (κ1) is 9.18. The molecule has 0 spiro atoms. The fourth-order valence-corrected chi connectivity index (χ4v) is 0. The van der Waals surface area contributed by atoms with Crippen molar-refractivity contribution in [3.05, 3.63) is 0 Å². The van der Waals surface area contributed by atoms with E-state index in [0.717, 1.165) is 0 Å². The van der Waals surface area contributed by atoms with E-state index in [0.29, 0.717) is 0 Å².